The molecule has 0 aliphatic heterocycles. The van der Waals surface area contributed by atoms with Gasteiger partial charge in [-0.2, -0.15) is 0 Å². The minimum atomic E-state index is -0.235. The number of oxime groups is 1. The number of hydrogen-bond acceptors (Lipinski definition) is 5. The summed E-state index contributed by atoms with van der Waals surface area (Å²) in [5, 5.41) is 12.9. The van der Waals surface area contributed by atoms with E-state index in [2.05, 4.69) is 18.2 Å². The largest absolute Gasteiger partial charge is 0.462 e. The highest BCUT2D eigenvalue weighted by molar-refractivity contribution is 5.87. The summed E-state index contributed by atoms with van der Waals surface area (Å²) in [6.45, 7) is 3.63. The molecule has 0 amide bonds. The van der Waals surface area contributed by atoms with Gasteiger partial charge in [0.05, 0.1) is 6.21 Å². The van der Waals surface area contributed by atoms with Crippen LogP contribution in [0.1, 0.15) is 65.2 Å². The number of nitrogens with zero attached hydrogens (tertiary/aromatic N) is 1. The molecule has 0 heterocycles. The first-order valence-corrected chi connectivity index (χ1v) is 9.99. The Balaban J connectivity index is 1.67. The Bertz CT molecular complexity index is 683. The first-order valence-electron chi connectivity index (χ1n) is 9.99. The molecule has 0 aromatic carbocycles. The van der Waals surface area contributed by atoms with Gasteiger partial charge in [-0.05, 0) is 56.3 Å². The van der Waals surface area contributed by atoms with Gasteiger partial charge in [-0.25, -0.2) is 0 Å². The summed E-state index contributed by atoms with van der Waals surface area (Å²) in [6, 6.07) is 0. The van der Waals surface area contributed by atoms with Gasteiger partial charge in [0.2, 0.25) is 0 Å². The van der Waals surface area contributed by atoms with E-state index in [0.29, 0.717) is 23.5 Å². The summed E-state index contributed by atoms with van der Waals surface area (Å²) in [4.78, 5) is 23.9. The van der Waals surface area contributed by atoms with Gasteiger partial charge in [-0.1, -0.05) is 18.6 Å². The van der Waals surface area contributed by atoms with Crippen LogP contribution in [0.4, 0.5) is 0 Å². The second kappa shape index (κ2) is 6.21. The number of carbonyl (C=O) groups excluding carboxylic acids is 2. The van der Waals surface area contributed by atoms with Crippen LogP contribution >= 0.6 is 0 Å². The monoisotopic (exact) mass is 359 g/mol. The molecule has 26 heavy (non-hydrogen) atoms. The summed E-state index contributed by atoms with van der Waals surface area (Å²) >= 11 is 0. The van der Waals surface area contributed by atoms with Crippen LogP contribution in [0.3, 0.4) is 0 Å². The molecule has 5 heteroatoms. The van der Waals surface area contributed by atoms with Crippen LogP contribution in [-0.2, 0) is 14.3 Å². The summed E-state index contributed by atoms with van der Waals surface area (Å²) in [7, 11) is 0. The topological polar surface area (TPSA) is 76.0 Å². The third kappa shape index (κ3) is 2.46. The van der Waals surface area contributed by atoms with Crippen LogP contribution in [0.5, 0.6) is 0 Å². The van der Waals surface area contributed by atoms with Crippen molar-refractivity contribution in [1.82, 2.24) is 0 Å². The lowest BCUT2D eigenvalue weighted by molar-refractivity contribution is -0.148. The Hall–Kier alpha value is -1.65. The molecular formula is C21H29NO4. The van der Waals surface area contributed by atoms with Gasteiger partial charge in [-0.3, -0.25) is 9.59 Å². The average molecular weight is 359 g/mol. The van der Waals surface area contributed by atoms with Gasteiger partial charge in [-0.15, -0.1) is 5.16 Å². The average Bonchev–Trinajstić information content (AvgIpc) is 2.90. The fourth-order valence-corrected chi connectivity index (χ4v) is 6.78. The van der Waals surface area contributed by atoms with Crippen LogP contribution in [0, 0.1) is 28.6 Å². The first-order chi connectivity index (χ1) is 12.4. The van der Waals surface area contributed by atoms with Crippen LogP contribution in [0.2, 0.25) is 0 Å². The molecule has 0 bridgehead atoms. The van der Waals surface area contributed by atoms with E-state index in [1.807, 2.05) is 0 Å². The Morgan fingerprint density at radius 2 is 2.12 bits per heavy atom. The minimum absolute atomic E-state index is 0.0718. The molecule has 0 unspecified atom stereocenters. The smallest absolute Gasteiger partial charge is 0.302 e. The number of fused-ring (bicyclic) bond motifs is 5. The molecule has 4 aliphatic carbocycles. The van der Waals surface area contributed by atoms with Gasteiger partial charge in [0.25, 0.3) is 0 Å². The third-order valence-corrected chi connectivity index (χ3v) is 7.99. The number of carbonyl (C=O) groups is 2. The van der Waals surface area contributed by atoms with Crippen LogP contribution < -0.4 is 0 Å². The highest BCUT2D eigenvalue weighted by atomic mass is 16.5. The summed E-state index contributed by atoms with van der Waals surface area (Å²) in [6.07, 6.45) is 11.0. The van der Waals surface area contributed by atoms with E-state index in [1.165, 1.54) is 12.5 Å². The lowest BCUT2D eigenvalue weighted by atomic mass is 9.48. The maximum Gasteiger partial charge on any atom is 0.302 e. The standard InChI is InChI=1S/C21H29NO4/c1-13(23)26-15-7-10-21(12-22-25)14(11-15)3-4-16-17-5-6-19(24)20(17,2)9-8-18(16)21/h3,12,15-18,25H,4-11H2,1-2H3/b22-12-/t15-,16-,17+,18+,20+,21+/m0/s1. The highest BCUT2D eigenvalue weighted by Gasteiger charge is 2.59. The molecule has 0 saturated heterocycles. The van der Waals surface area contributed by atoms with Gasteiger partial charge in [0.15, 0.2) is 0 Å². The lowest BCUT2D eigenvalue weighted by Gasteiger charge is -2.56. The van der Waals surface area contributed by atoms with Crippen molar-refractivity contribution in [2.24, 2.45) is 33.7 Å². The Labute approximate surface area is 154 Å². The molecule has 5 nitrogen and oxygen atoms in total. The van der Waals surface area contributed by atoms with Crippen molar-refractivity contribution in [3.8, 4) is 0 Å². The van der Waals surface area contributed by atoms with Gasteiger partial charge >= 0.3 is 5.97 Å². The molecule has 3 fully saturated rings. The number of ketones is 1. The number of Topliss-reactive ketones (excluding diaryl/α,β-unsaturated/α-hetero) is 1. The van der Waals surface area contributed by atoms with Gasteiger partial charge < -0.3 is 9.94 Å². The van der Waals surface area contributed by atoms with E-state index >= 15 is 0 Å². The van der Waals surface area contributed by atoms with Crippen molar-refractivity contribution < 1.29 is 19.5 Å². The highest BCUT2D eigenvalue weighted by Crippen LogP contribution is 2.63. The molecule has 1 N–H and O–H groups in total. The maximum absolute atomic E-state index is 12.5. The molecule has 4 aliphatic rings. The van der Waals surface area contributed by atoms with E-state index in [9.17, 15) is 14.8 Å². The molecule has 142 valence electrons. The summed E-state index contributed by atoms with van der Waals surface area (Å²) < 4.78 is 5.47. The van der Waals surface area contributed by atoms with E-state index in [4.69, 9.17) is 4.74 Å². The Morgan fingerprint density at radius 3 is 2.85 bits per heavy atom. The fraction of sp³-hybridized carbons (Fsp3) is 0.762. The molecular weight excluding hydrogens is 330 g/mol. The van der Waals surface area contributed by atoms with Crippen LogP contribution in [0.15, 0.2) is 16.8 Å². The second-order valence-electron chi connectivity index (χ2n) is 9.02. The molecule has 3 saturated carbocycles. The number of rotatable bonds is 2. The van der Waals surface area contributed by atoms with Crippen molar-refractivity contribution in [2.45, 2.75) is 71.3 Å². The predicted molar refractivity (Wildman–Crippen MR) is 96.9 cm³/mol. The fourth-order valence-electron chi connectivity index (χ4n) is 6.78. The molecule has 6 atom stereocenters. The van der Waals surface area contributed by atoms with E-state index in [1.54, 1.807) is 6.21 Å². The first kappa shape index (κ1) is 17.7. The number of allylic oxidation sites excluding steroid dienone is 1. The van der Waals surface area contributed by atoms with Crippen molar-refractivity contribution in [3.05, 3.63) is 11.6 Å². The SMILES string of the molecule is CC(=O)O[C@H]1CC[C@@]2(/C=N\O)C(=CC[C@H]3[C@H]4CCC(=O)[C@]4(C)CC[C@H]32)C1. The van der Waals surface area contributed by atoms with E-state index < -0.39 is 0 Å². The van der Waals surface area contributed by atoms with Crippen molar-refractivity contribution in [3.63, 3.8) is 0 Å². The normalized spacial score (nSPS) is 44.8. The number of ether oxygens (including phenoxy) is 1. The zero-order valence-electron chi connectivity index (χ0n) is 15.7. The van der Waals surface area contributed by atoms with Crippen molar-refractivity contribution in [2.75, 3.05) is 0 Å². The summed E-state index contributed by atoms with van der Waals surface area (Å²) in [5.41, 5.74) is 0.877. The molecule has 0 spiro atoms. The van der Waals surface area contributed by atoms with Gasteiger partial charge in [0.1, 0.15) is 11.9 Å². The molecule has 0 radical (unpaired) electrons. The predicted octanol–water partition coefficient (Wildman–Crippen LogP) is 3.89. The number of esters is 1. The summed E-state index contributed by atoms with van der Waals surface area (Å²) in [5.74, 6) is 1.55. The zero-order valence-corrected chi connectivity index (χ0v) is 15.7. The second-order valence-corrected chi connectivity index (χ2v) is 9.02. The quantitative estimate of drug-likeness (QED) is 0.267. The van der Waals surface area contributed by atoms with E-state index in [0.717, 1.165) is 51.4 Å². The molecule has 4 rings (SSSR count). The zero-order chi connectivity index (χ0) is 18.5. The molecule has 0 aromatic rings. The molecule has 0 aromatic heterocycles. The van der Waals surface area contributed by atoms with Crippen molar-refractivity contribution in [1.29, 1.82) is 0 Å². The van der Waals surface area contributed by atoms with E-state index in [-0.39, 0.29) is 22.9 Å². The maximum atomic E-state index is 12.5. The van der Waals surface area contributed by atoms with Gasteiger partial charge in [0, 0.05) is 30.6 Å². The number of hydrogen-bond donors (Lipinski definition) is 1. The Kier molecular flexibility index (Phi) is 4.24. The third-order valence-electron chi connectivity index (χ3n) is 7.99. The lowest BCUT2D eigenvalue weighted by Crippen LogP contribution is -2.52. The minimum Gasteiger partial charge on any atom is -0.462 e. The Morgan fingerprint density at radius 1 is 1.31 bits per heavy atom. The van der Waals surface area contributed by atoms with Crippen LogP contribution in [0.25, 0.3) is 0 Å². The van der Waals surface area contributed by atoms with Crippen LogP contribution in [-0.4, -0.2) is 29.3 Å². The van der Waals surface area contributed by atoms with Crippen molar-refractivity contribution >= 4 is 18.0 Å².